The topological polar surface area (TPSA) is 92.4 Å². The summed E-state index contributed by atoms with van der Waals surface area (Å²) in [5, 5.41) is 11.5. The van der Waals surface area contributed by atoms with Gasteiger partial charge >= 0.3 is 5.97 Å². The summed E-state index contributed by atoms with van der Waals surface area (Å²) in [5.41, 5.74) is 6.06. The number of hydrogen-bond acceptors (Lipinski definition) is 3. The van der Waals surface area contributed by atoms with Crippen LogP contribution in [0, 0.1) is 5.92 Å². The van der Waals surface area contributed by atoms with Crippen molar-refractivity contribution in [3.8, 4) is 0 Å². The van der Waals surface area contributed by atoms with Gasteiger partial charge in [0.15, 0.2) is 0 Å². The highest BCUT2D eigenvalue weighted by molar-refractivity contribution is 6.02. The maximum absolute atomic E-state index is 11.8. The van der Waals surface area contributed by atoms with Crippen molar-refractivity contribution in [1.82, 2.24) is 0 Å². The number of para-hydroxylation sites is 1. The number of amides is 1. The first-order chi connectivity index (χ1) is 8.41. The van der Waals surface area contributed by atoms with Crippen molar-refractivity contribution < 1.29 is 14.7 Å². The van der Waals surface area contributed by atoms with Crippen LogP contribution in [-0.4, -0.2) is 23.0 Å². The van der Waals surface area contributed by atoms with E-state index < -0.39 is 12.0 Å². The number of anilines is 1. The summed E-state index contributed by atoms with van der Waals surface area (Å²) in [6.45, 7) is 3.94. The van der Waals surface area contributed by atoms with Crippen LogP contribution in [0.25, 0.3) is 0 Å². The van der Waals surface area contributed by atoms with Gasteiger partial charge in [0.25, 0.3) is 0 Å². The second-order valence-electron chi connectivity index (χ2n) is 4.58. The summed E-state index contributed by atoms with van der Waals surface area (Å²) >= 11 is 0. The van der Waals surface area contributed by atoms with Crippen LogP contribution in [0.3, 0.4) is 0 Å². The Balaban J connectivity index is 2.79. The molecule has 1 atom stereocenters. The second-order valence-corrected chi connectivity index (χ2v) is 4.58. The van der Waals surface area contributed by atoms with Gasteiger partial charge in [-0.2, -0.15) is 0 Å². The van der Waals surface area contributed by atoms with Gasteiger partial charge in [-0.15, -0.1) is 0 Å². The Morgan fingerprint density at radius 3 is 2.50 bits per heavy atom. The van der Waals surface area contributed by atoms with Crippen LogP contribution in [0.1, 0.15) is 30.6 Å². The molecule has 98 valence electrons. The van der Waals surface area contributed by atoms with Gasteiger partial charge in [-0.25, -0.2) is 4.79 Å². The van der Waals surface area contributed by atoms with Crippen molar-refractivity contribution in [3.63, 3.8) is 0 Å². The van der Waals surface area contributed by atoms with E-state index in [1.165, 1.54) is 6.07 Å². The van der Waals surface area contributed by atoms with Gasteiger partial charge in [-0.1, -0.05) is 26.0 Å². The zero-order valence-electron chi connectivity index (χ0n) is 10.5. The molecule has 0 spiro atoms. The first-order valence-corrected chi connectivity index (χ1v) is 5.80. The third-order valence-electron chi connectivity index (χ3n) is 2.48. The molecule has 0 aliphatic carbocycles. The van der Waals surface area contributed by atoms with Crippen LogP contribution < -0.4 is 11.1 Å². The van der Waals surface area contributed by atoms with Gasteiger partial charge in [0, 0.05) is 0 Å². The first kappa shape index (κ1) is 14.2. The van der Waals surface area contributed by atoms with Crippen molar-refractivity contribution in [2.24, 2.45) is 11.7 Å². The fourth-order valence-electron chi connectivity index (χ4n) is 1.62. The van der Waals surface area contributed by atoms with E-state index in [2.05, 4.69) is 5.32 Å². The number of carboxylic acids is 1. The number of aromatic carboxylic acids is 1. The zero-order chi connectivity index (χ0) is 13.7. The van der Waals surface area contributed by atoms with Crippen LogP contribution in [0.15, 0.2) is 24.3 Å². The minimum Gasteiger partial charge on any atom is -0.478 e. The van der Waals surface area contributed by atoms with E-state index in [1.54, 1.807) is 18.2 Å². The molecule has 0 aromatic heterocycles. The maximum atomic E-state index is 11.8. The van der Waals surface area contributed by atoms with Crippen LogP contribution in [0.5, 0.6) is 0 Å². The Bertz CT molecular complexity index is 444. The SMILES string of the molecule is CC(C)C[C@@H](N)C(=O)Nc1ccccc1C(=O)O. The Labute approximate surface area is 106 Å². The molecule has 0 unspecified atom stereocenters. The Kier molecular flexibility index (Phi) is 4.85. The molecule has 4 N–H and O–H groups in total. The monoisotopic (exact) mass is 250 g/mol. The molecule has 0 bridgehead atoms. The summed E-state index contributed by atoms with van der Waals surface area (Å²) < 4.78 is 0. The highest BCUT2D eigenvalue weighted by Gasteiger charge is 2.17. The molecule has 0 heterocycles. The Morgan fingerprint density at radius 1 is 1.33 bits per heavy atom. The van der Waals surface area contributed by atoms with E-state index in [9.17, 15) is 9.59 Å². The van der Waals surface area contributed by atoms with Crippen molar-refractivity contribution in [2.45, 2.75) is 26.3 Å². The molecule has 0 aliphatic rings. The summed E-state index contributed by atoms with van der Waals surface area (Å²) in [6, 6.07) is 5.62. The predicted octanol–water partition coefficient (Wildman–Crippen LogP) is 1.70. The lowest BCUT2D eigenvalue weighted by Gasteiger charge is -2.15. The fraction of sp³-hybridized carbons (Fsp3) is 0.385. The first-order valence-electron chi connectivity index (χ1n) is 5.80. The molecule has 5 heteroatoms. The van der Waals surface area contributed by atoms with Crippen LogP contribution in [0.2, 0.25) is 0 Å². The molecule has 0 fully saturated rings. The number of nitrogens with two attached hydrogens (primary N) is 1. The quantitative estimate of drug-likeness (QED) is 0.741. The Hall–Kier alpha value is -1.88. The lowest BCUT2D eigenvalue weighted by molar-refractivity contribution is -0.117. The molecule has 0 radical (unpaired) electrons. The van der Waals surface area contributed by atoms with E-state index in [0.29, 0.717) is 12.3 Å². The average molecular weight is 250 g/mol. The molecule has 0 aliphatic heterocycles. The molecule has 18 heavy (non-hydrogen) atoms. The zero-order valence-corrected chi connectivity index (χ0v) is 10.5. The molecule has 1 rings (SSSR count). The minimum absolute atomic E-state index is 0.0580. The van der Waals surface area contributed by atoms with Gasteiger partial charge in [0.05, 0.1) is 17.3 Å². The highest BCUT2D eigenvalue weighted by Crippen LogP contribution is 2.15. The molecule has 0 saturated carbocycles. The lowest BCUT2D eigenvalue weighted by Crippen LogP contribution is -2.37. The van der Waals surface area contributed by atoms with Crippen LogP contribution in [-0.2, 0) is 4.79 Å². The minimum atomic E-state index is -1.08. The van der Waals surface area contributed by atoms with E-state index in [-0.39, 0.29) is 17.2 Å². The highest BCUT2D eigenvalue weighted by atomic mass is 16.4. The smallest absolute Gasteiger partial charge is 0.337 e. The molecule has 0 saturated heterocycles. The van der Waals surface area contributed by atoms with Crippen molar-refractivity contribution in [3.05, 3.63) is 29.8 Å². The summed E-state index contributed by atoms with van der Waals surface area (Å²) in [7, 11) is 0. The molecular weight excluding hydrogens is 232 g/mol. The molecule has 1 aromatic carbocycles. The molecule has 1 amide bonds. The standard InChI is InChI=1S/C13H18N2O3/c1-8(2)7-10(14)12(16)15-11-6-4-3-5-9(11)13(17)18/h3-6,8,10H,7,14H2,1-2H3,(H,15,16)(H,17,18)/t10-/m1/s1. The largest absolute Gasteiger partial charge is 0.478 e. The number of carbonyl (C=O) groups is 2. The average Bonchev–Trinajstić information content (AvgIpc) is 2.28. The van der Waals surface area contributed by atoms with Gasteiger partial charge in [0.2, 0.25) is 5.91 Å². The van der Waals surface area contributed by atoms with Crippen LogP contribution in [0.4, 0.5) is 5.69 Å². The molecule has 1 aromatic rings. The lowest BCUT2D eigenvalue weighted by atomic mass is 10.0. The summed E-state index contributed by atoms with van der Waals surface area (Å²) in [5.74, 6) is -1.14. The number of carbonyl (C=O) groups excluding carboxylic acids is 1. The van der Waals surface area contributed by atoms with Crippen molar-refractivity contribution in [2.75, 3.05) is 5.32 Å². The number of rotatable bonds is 5. The van der Waals surface area contributed by atoms with Crippen LogP contribution >= 0.6 is 0 Å². The van der Waals surface area contributed by atoms with Crippen molar-refractivity contribution >= 4 is 17.6 Å². The summed E-state index contributed by atoms with van der Waals surface area (Å²) in [4.78, 5) is 22.8. The van der Waals surface area contributed by atoms with E-state index in [0.717, 1.165) is 0 Å². The number of nitrogens with one attached hydrogen (secondary N) is 1. The Morgan fingerprint density at radius 2 is 1.94 bits per heavy atom. The number of benzene rings is 1. The number of hydrogen-bond donors (Lipinski definition) is 3. The van der Waals surface area contributed by atoms with Crippen molar-refractivity contribution in [1.29, 1.82) is 0 Å². The normalized spacial score (nSPS) is 12.2. The van der Waals surface area contributed by atoms with E-state index in [4.69, 9.17) is 10.8 Å². The third kappa shape index (κ3) is 3.85. The second kappa shape index (κ2) is 6.16. The van der Waals surface area contributed by atoms with E-state index >= 15 is 0 Å². The number of carboxylic acid groups (broad SMARTS) is 1. The molecule has 5 nitrogen and oxygen atoms in total. The third-order valence-corrected chi connectivity index (χ3v) is 2.48. The fourth-order valence-corrected chi connectivity index (χ4v) is 1.62. The maximum Gasteiger partial charge on any atom is 0.337 e. The van der Waals surface area contributed by atoms with Gasteiger partial charge in [-0.05, 0) is 24.5 Å². The van der Waals surface area contributed by atoms with Gasteiger partial charge in [0.1, 0.15) is 0 Å². The molecular formula is C13H18N2O3. The predicted molar refractivity (Wildman–Crippen MR) is 69.5 cm³/mol. The van der Waals surface area contributed by atoms with Gasteiger partial charge < -0.3 is 16.2 Å². The summed E-state index contributed by atoms with van der Waals surface area (Å²) in [6.07, 6.45) is 0.557. The van der Waals surface area contributed by atoms with Gasteiger partial charge in [-0.3, -0.25) is 4.79 Å². The van der Waals surface area contributed by atoms with E-state index in [1.807, 2.05) is 13.8 Å².